The summed E-state index contributed by atoms with van der Waals surface area (Å²) in [5, 5.41) is 7.26. The van der Waals surface area contributed by atoms with Crippen LogP contribution in [0, 0.1) is 6.92 Å². The Morgan fingerprint density at radius 3 is 2.80 bits per heavy atom. The van der Waals surface area contributed by atoms with Crippen molar-refractivity contribution in [1.82, 2.24) is 10.6 Å². The van der Waals surface area contributed by atoms with Crippen molar-refractivity contribution in [2.75, 3.05) is 18.8 Å². The molecule has 0 amide bonds. The molecule has 0 bridgehead atoms. The minimum Gasteiger partial charge on any atom is -0.357 e. The third-order valence-electron chi connectivity index (χ3n) is 4.88. The van der Waals surface area contributed by atoms with Crippen molar-refractivity contribution in [3.8, 4) is 0 Å². The van der Waals surface area contributed by atoms with E-state index in [-0.39, 0.29) is 0 Å². The first-order valence-corrected chi connectivity index (χ1v) is 11.0. The molecule has 140 valence electrons. The Morgan fingerprint density at radius 2 is 2.08 bits per heavy atom. The maximum atomic E-state index is 12.1. The van der Waals surface area contributed by atoms with E-state index in [0.29, 0.717) is 11.3 Å². The van der Waals surface area contributed by atoms with E-state index >= 15 is 0 Å². The zero-order chi connectivity index (χ0) is 18.1. The molecule has 2 rings (SSSR count). The average molecular weight is 364 g/mol. The molecular weight excluding hydrogens is 330 g/mol. The second-order valence-electron chi connectivity index (χ2n) is 6.74. The lowest BCUT2D eigenvalue weighted by molar-refractivity contribution is 0.413. The van der Waals surface area contributed by atoms with Gasteiger partial charge in [0.2, 0.25) is 0 Å². The number of hydrogen-bond acceptors (Lipinski definition) is 2. The Morgan fingerprint density at radius 1 is 1.28 bits per heavy atom. The molecule has 3 atom stereocenters. The van der Waals surface area contributed by atoms with Gasteiger partial charge in [-0.1, -0.05) is 37.6 Å². The van der Waals surface area contributed by atoms with Crippen LogP contribution in [0.4, 0.5) is 0 Å². The first-order chi connectivity index (χ1) is 12.1. The summed E-state index contributed by atoms with van der Waals surface area (Å²) in [7, 11) is -0.686. The van der Waals surface area contributed by atoms with E-state index in [4.69, 9.17) is 4.99 Å². The summed E-state index contributed by atoms with van der Waals surface area (Å²) in [4.78, 5) is 4.75. The first kappa shape index (κ1) is 20.0. The Kier molecular flexibility index (Phi) is 8.45. The third-order valence-corrected chi connectivity index (χ3v) is 6.62. The molecule has 4 nitrogen and oxygen atoms in total. The highest BCUT2D eigenvalue weighted by Gasteiger charge is 2.25. The quantitative estimate of drug-likeness (QED) is 0.578. The molecule has 0 radical (unpaired) electrons. The van der Waals surface area contributed by atoms with E-state index in [1.807, 2.05) is 6.92 Å². The van der Waals surface area contributed by atoms with Crippen molar-refractivity contribution >= 4 is 16.8 Å². The SMILES string of the molecule is CCNC(=NCCc1ccccc1C)NC1CCCC(S(=O)CC)C1. The second-order valence-corrected chi connectivity index (χ2v) is 8.74. The smallest absolute Gasteiger partial charge is 0.191 e. The van der Waals surface area contributed by atoms with Gasteiger partial charge in [0, 0.05) is 40.9 Å². The molecule has 1 aromatic rings. The lowest BCUT2D eigenvalue weighted by Gasteiger charge is -2.30. The molecule has 0 heterocycles. The van der Waals surface area contributed by atoms with Crippen LogP contribution in [0.3, 0.4) is 0 Å². The van der Waals surface area contributed by atoms with Gasteiger partial charge < -0.3 is 10.6 Å². The third kappa shape index (κ3) is 6.46. The van der Waals surface area contributed by atoms with Crippen LogP contribution >= 0.6 is 0 Å². The number of nitrogens with one attached hydrogen (secondary N) is 2. The highest BCUT2D eigenvalue weighted by Crippen LogP contribution is 2.23. The van der Waals surface area contributed by atoms with Crippen molar-refractivity contribution in [1.29, 1.82) is 0 Å². The second kappa shape index (κ2) is 10.6. The molecular formula is C20H33N3OS. The fourth-order valence-corrected chi connectivity index (χ4v) is 4.79. The molecule has 1 saturated carbocycles. The van der Waals surface area contributed by atoms with Crippen LogP contribution < -0.4 is 10.6 Å². The standard InChI is InChI=1S/C20H33N3OS/c1-4-21-20(22-14-13-17-10-7-6-9-16(17)3)23-18-11-8-12-19(15-18)25(24)5-2/h6-7,9-10,18-19H,4-5,8,11-15H2,1-3H3,(H2,21,22,23). The average Bonchev–Trinajstić information content (AvgIpc) is 2.63. The molecule has 0 saturated heterocycles. The number of guanidine groups is 1. The van der Waals surface area contributed by atoms with Crippen LogP contribution in [-0.4, -0.2) is 40.3 Å². The fraction of sp³-hybridized carbons (Fsp3) is 0.650. The minimum atomic E-state index is -0.686. The summed E-state index contributed by atoms with van der Waals surface area (Å²) in [6, 6.07) is 8.87. The van der Waals surface area contributed by atoms with Crippen LogP contribution in [0.25, 0.3) is 0 Å². The highest BCUT2D eigenvalue weighted by molar-refractivity contribution is 7.85. The maximum Gasteiger partial charge on any atom is 0.191 e. The van der Waals surface area contributed by atoms with Crippen LogP contribution in [-0.2, 0) is 17.2 Å². The molecule has 3 unspecified atom stereocenters. The number of benzene rings is 1. The maximum absolute atomic E-state index is 12.1. The van der Waals surface area contributed by atoms with Crippen LogP contribution in [0.1, 0.15) is 50.7 Å². The van der Waals surface area contributed by atoms with E-state index in [1.165, 1.54) is 11.1 Å². The van der Waals surface area contributed by atoms with Crippen LogP contribution in [0.2, 0.25) is 0 Å². The highest BCUT2D eigenvalue weighted by atomic mass is 32.2. The van der Waals surface area contributed by atoms with E-state index < -0.39 is 10.8 Å². The number of nitrogens with zero attached hydrogens (tertiary/aromatic N) is 1. The monoisotopic (exact) mass is 363 g/mol. The number of rotatable bonds is 7. The molecule has 2 N–H and O–H groups in total. The summed E-state index contributed by atoms with van der Waals surface area (Å²) in [5.74, 6) is 1.66. The van der Waals surface area contributed by atoms with Crippen molar-refractivity contribution in [2.24, 2.45) is 4.99 Å². The van der Waals surface area contributed by atoms with E-state index in [9.17, 15) is 4.21 Å². The summed E-state index contributed by atoms with van der Waals surface area (Å²) >= 11 is 0. The van der Waals surface area contributed by atoms with Crippen molar-refractivity contribution in [3.05, 3.63) is 35.4 Å². The minimum absolute atomic E-state index is 0.339. The molecule has 1 aromatic carbocycles. The molecule has 1 fully saturated rings. The molecule has 0 aromatic heterocycles. The van der Waals surface area contributed by atoms with Gasteiger partial charge in [-0.25, -0.2) is 0 Å². The van der Waals surface area contributed by atoms with Gasteiger partial charge in [0.15, 0.2) is 5.96 Å². The molecule has 0 spiro atoms. The lowest BCUT2D eigenvalue weighted by Crippen LogP contribution is -2.46. The Hall–Kier alpha value is -1.36. The van der Waals surface area contributed by atoms with Crippen molar-refractivity contribution < 1.29 is 4.21 Å². The summed E-state index contributed by atoms with van der Waals surface area (Å²) in [5.41, 5.74) is 2.69. The van der Waals surface area contributed by atoms with Crippen molar-refractivity contribution in [3.63, 3.8) is 0 Å². The number of aliphatic imine (C=N–C) groups is 1. The van der Waals surface area contributed by atoms with Gasteiger partial charge in [0.1, 0.15) is 0 Å². The van der Waals surface area contributed by atoms with E-state index in [0.717, 1.165) is 56.9 Å². The summed E-state index contributed by atoms with van der Waals surface area (Å²) < 4.78 is 12.1. The molecule has 1 aliphatic carbocycles. The Labute approximate surface area is 155 Å². The topological polar surface area (TPSA) is 53.5 Å². The Bertz CT molecular complexity index is 588. The van der Waals surface area contributed by atoms with Crippen LogP contribution in [0.5, 0.6) is 0 Å². The normalized spacial score (nSPS) is 22.4. The first-order valence-electron chi connectivity index (χ1n) is 9.60. The van der Waals surface area contributed by atoms with E-state index in [2.05, 4.69) is 48.7 Å². The van der Waals surface area contributed by atoms with Gasteiger partial charge >= 0.3 is 0 Å². The zero-order valence-corrected chi connectivity index (χ0v) is 16.7. The van der Waals surface area contributed by atoms with Crippen molar-refractivity contribution in [2.45, 2.75) is 64.2 Å². The van der Waals surface area contributed by atoms with Crippen LogP contribution in [0.15, 0.2) is 29.3 Å². The molecule has 0 aliphatic heterocycles. The predicted molar refractivity (Wildman–Crippen MR) is 109 cm³/mol. The van der Waals surface area contributed by atoms with Gasteiger partial charge in [-0.05, 0) is 50.7 Å². The Balaban J connectivity index is 1.90. The van der Waals surface area contributed by atoms with Gasteiger partial charge in [0.05, 0.1) is 0 Å². The largest absolute Gasteiger partial charge is 0.357 e. The number of hydrogen-bond donors (Lipinski definition) is 2. The van der Waals surface area contributed by atoms with Gasteiger partial charge in [-0.3, -0.25) is 9.20 Å². The molecule has 25 heavy (non-hydrogen) atoms. The summed E-state index contributed by atoms with van der Waals surface area (Å²) in [6.45, 7) is 7.89. The predicted octanol–water partition coefficient (Wildman–Crippen LogP) is 3.17. The van der Waals surface area contributed by atoms with Gasteiger partial charge in [0.25, 0.3) is 0 Å². The molecule has 5 heteroatoms. The van der Waals surface area contributed by atoms with Gasteiger partial charge in [-0.15, -0.1) is 0 Å². The lowest BCUT2D eigenvalue weighted by atomic mass is 9.95. The fourth-order valence-electron chi connectivity index (χ4n) is 3.44. The van der Waals surface area contributed by atoms with E-state index in [1.54, 1.807) is 0 Å². The van der Waals surface area contributed by atoms with Gasteiger partial charge in [-0.2, -0.15) is 0 Å². The zero-order valence-electron chi connectivity index (χ0n) is 15.9. The summed E-state index contributed by atoms with van der Waals surface area (Å²) in [6.07, 6.45) is 5.33. The molecule has 1 aliphatic rings. The number of aryl methyl sites for hydroxylation is 1.